The van der Waals surface area contributed by atoms with Gasteiger partial charge in [-0.2, -0.15) is 5.26 Å². The van der Waals surface area contributed by atoms with Crippen LogP contribution in [0.1, 0.15) is 5.56 Å². The zero-order valence-electron chi connectivity index (χ0n) is 13.7. The van der Waals surface area contributed by atoms with E-state index in [1.165, 1.54) is 43.4 Å². The van der Waals surface area contributed by atoms with Crippen molar-refractivity contribution < 1.29 is 0 Å². The summed E-state index contributed by atoms with van der Waals surface area (Å²) in [5, 5.41) is 16.6. The van der Waals surface area contributed by atoms with E-state index < -0.39 is 0 Å². The highest BCUT2D eigenvalue weighted by Crippen LogP contribution is 2.35. The summed E-state index contributed by atoms with van der Waals surface area (Å²) in [5.74, 6) is 0. The van der Waals surface area contributed by atoms with Crippen molar-refractivity contribution in [2.24, 2.45) is 0 Å². The van der Waals surface area contributed by atoms with Crippen molar-refractivity contribution >= 4 is 32.3 Å². The van der Waals surface area contributed by atoms with E-state index in [0.717, 1.165) is 5.56 Å². The highest BCUT2D eigenvalue weighted by Gasteiger charge is 2.10. The lowest BCUT2D eigenvalue weighted by Crippen LogP contribution is -1.88. The number of nitrogens with zero attached hydrogens (tertiary/aromatic N) is 1. The molecule has 0 amide bonds. The lowest BCUT2D eigenvalue weighted by Gasteiger charge is -2.12. The third kappa shape index (κ3) is 2.08. The maximum Gasteiger partial charge on any atom is 0.0669 e. The van der Waals surface area contributed by atoms with Gasteiger partial charge in [0.05, 0.1) is 12.5 Å². The summed E-state index contributed by atoms with van der Waals surface area (Å²) in [7, 11) is 0. The van der Waals surface area contributed by atoms with E-state index >= 15 is 0 Å². The highest BCUT2D eigenvalue weighted by atomic mass is 14.2. The Hall–Kier alpha value is -3.37. The Morgan fingerprint density at radius 3 is 1.72 bits per heavy atom. The molecule has 2 aliphatic carbocycles. The fourth-order valence-electron chi connectivity index (χ4n) is 3.70. The number of rotatable bonds is 1. The van der Waals surface area contributed by atoms with Crippen LogP contribution in [0.15, 0.2) is 78.9 Å². The van der Waals surface area contributed by atoms with E-state index in [1.54, 1.807) is 0 Å². The summed E-state index contributed by atoms with van der Waals surface area (Å²) in [6, 6.07) is 30.0. The SMILES string of the molecule is N#CCc1ccc2ccc3cccc4ccc1c2c34.c1cc2ccc1-2. The lowest BCUT2D eigenvalue weighted by atomic mass is 9.91. The number of fused-ring (bicyclic) bond motifs is 1. The molecule has 6 rings (SSSR count). The molecular weight excluding hydrogens is 302 g/mol. The van der Waals surface area contributed by atoms with E-state index in [1.807, 2.05) is 0 Å². The fourth-order valence-corrected chi connectivity index (χ4v) is 3.70. The van der Waals surface area contributed by atoms with Gasteiger partial charge in [0.2, 0.25) is 0 Å². The summed E-state index contributed by atoms with van der Waals surface area (Å²) < 4.78 is 0. The van der Waals surface area contributed by atoms with Crippen LogP contribution in [-0.2, 0) is 6.42 Å². The van der Waals surface area contributed by atoms with Crippen molar-refractivity contribution in [2.45, 2.75) is 6.42 Å². The molecule has 0 aliphatic heterocycles. The molecule has 0 aromatic heterocycles. The first-order valence-electron chi connectivity index (χ1n) is 8.48. The Labute approximate surface area is 146 Å². The van der Waals surface area contributed by atoms with Crippen LogP contribution >= 0.6 is 0 Å². The van der Waals surface area contributed by atoms with Crippen molar-refractivity contribution in [1.82, 2.24) is 0 Å². The summed E-state index contributed by atoms with van der Waals surface area (Å²) in [4.78, 5) is 0. The van der Waals surface area contributed by atoms with Gasteiger partial charge in [-0.15, -0.1) is 0 Å². The van der Waals surface area contributed by atoms with Gasteiger partial charge < -0.3 is 0 Å². The summed E-state index contributed by atoms with van der Waals surface area (Å²) >= 11 is 0. The largest absolute Gasteiger partial charge is 0.198 e. The molecule has 116 valence electrons. The van der Waals surface area contributed by atoms with Crippen LogP contribution in [0.25, 0.3) is 43.4 Å². The molecule has 0 fully saturated rings. The van der Waals surface area contributed by atoms with E-state index in [9.17, 15) is 0 Å². The summed E-state index contributed by atoms with van der Waals surface area (Å²) in [6.45, 7) is 0. The first-order valence-corrected chi connectivity index (χ1v) is 8.48. The highest BCUT2D eigenvalue weighted by molar-refractivity contribution is 6.23. The van der Waals surface area contributed by atoms with E-state index in [4.69, 9.17) is 5.26 Å². The average molecular weight is 317 g/mol. The predicted molar refractivity (Wildman–Crippen MR) is 105 cm³/mol. The Kier molecular flexibility index (Phi) is 2.99. The van der Waals surface area contributed by atoms with Crippen molar-refractivity contribution in [3.63, 3.8) is 0 Å². The maximum atomic E-state index is 8.97. The van der Waals surface area contributed by atoms with Gasteiger partial charge in [0.15, 0.2) is 0 Å². The second kappa shape index (κ2) is 5.33. The van der Waals surface area contributed by atoms with Crippen molar-refractivity contribution in [3.8, 4) is 17.2 Å². The standard InChI is InChI=1S/C18H11N.C6H4/c19-11-10-12-4-5-15-7-6-13-2-1-3-14-8-9-16(12)18(15)17(13)14;1-2-6-4-3-5(1)6/h1-9H,10H2;1-4H. The summed E-state index contributed by atoms with van der Waals surface area (Å²) in [6.07, 6.45) is 0.466. The molecule has 1 nitrogen and oxygen atoms in total. The van der Waals surface area contributed by atoms with Gasteiger partial charge in [-0.3, -0.25) is 0 Å². The van der Waals surface area contributed by atoms with Crippen LogP contribution in [0, 0.1) is 11.3 Å². The molecule has 0 N–H and O–H groups in total. The molecule has 2 aliphatic rings. The minimum atomic E-state index is 0.466. The number of benzene rings is 5. The summed E-state index contributed by atoms with van der Waals surface area (Å²) in [5.41, 5.74) is 3.97. The second-order valence-electron chi connectivity index (χ2n) is 6.49. The van der Waals surface area contributed by atoms with Crippen LogP contribution in [-0.4, -0.2) is 0 Å². The molecule has 4 aromatic carbocycles. The molecule has 25 heavy (non-hydrogen) atoms. The Morgan fingerprint density at radius 1 is 0.600 bits per heavy atom. The predicted octanol–water partition coefficient (Wildman–Crippen LogP) is 6.32. The van der Waals surface area contributed by atoms with Gasteiger partial charge in [0.25, 0.3) is 0 Å². The van der Waals surface area contributed by atoms with Gasteiger partial charge >= 0.3 is 0 Å². The van der Waals surface area contributed by atoms with Gasteiger partial charge in [0, 0.05) is 0 Å². The van der Waals surface area contributed by atoms with Crippen molar-refractivity contribution in [3.05, 3.63) is 84.4 Å². The molecule has 0 radical (unpaired) electrons. The van der Waals surface area contributed by atoms with Gasteiger partial charge in [-0.05, 0) is 49.0 Å². The topological polar surface area (TPSA) is 23.8 Å². The minimum Gasteiger partial charge on any atom is -0.198 e. The molecular formula is C24H15N. The second-order valence-corrected chi connectivity index (χ2v) is 6.49. The molecule has 0 spiro atoms. The third-order valence-electron chi connectivity index (χ3n) is 5.11. The zero-order chi connectivity index (χ0) is 16.8. The molecule has 0 heterocycles. The number of nitriles is 1. The van der Waals surface area contributed by atoms with Crippen LogP contribution in [0.2, 0.25) is 0 Å². The normalized spacial score (nSPS) is 11.3. The smallest absolute Gasteiger partial charge is 0.0669 e. The minimum absolute atomic E-state index is 0.466. The molecule has 0 bridgehead atoms. The van der Waals surface area contributed by atoms with Gasteiger partial charge in [-0.1, -0.05) is 78.9 Å². The Morgan fingerprint density at radius 2 is 1.16 bits per heavy atom. The van der Waals surface area contributed by atoms with E-state index in [0.29, 0.717) is 6.42 Å². The Balaban J connectivity index is 0.000000195. The van der Waals surface area contributed by atoms with Gasteiger partial charge in [0.1, 0.15) is 0 Å². The lowest BCUT2D eigenvalue weighted by molar-refractivity contribution is 1.29. The quantitative estimate of drug-likeness (QED) is 0.326. The van der Waals surface area contributed by atoms with Crippen LogP contribution in [0.4, 0.5) is 0 Å². The zero-order valence-corrected chi connectivity index (χ0v) is 13.7. The first-order chi connectivity index (χ1) is 12.3. The molecule has 1 heteroatoms. The maximum absolute atomic E-state index is 8.97. The van der Waals surface area contributed by atoms with Crippen LogP contribution < -0.4 is 0 Å². The molecule has 0 unspecified atom stereocenters. The van der Waals surface area contributed by atoms with Crippen molar-refractivity contribution in [1.29, 1.82) is 5.26 Å². The van der Waals surface area contributed by atoms with Crippen LogP contribution in [0.5, 0.6) is 0 Å². The van der Waals surface area contributed by atoms with Crippen molar-refractivity contribution in [2.75, 3.05) is 0 Å². The third-order valence-corrected chi connectivity index (χ3v) is 5.11. The van der Waals surface area contributed by atoms with Crippen LogP contribution in [0.3, 0.4) is 0 Å². The number of hydrogen-bond donors (Lipinski definition) is 0. The molecule has 0 atom stereocenters. The average Bonchev–Trinajstić information content (AvgIpc) is 2.64. The first kappa shape index (κ1) is 14.0. The van der Waals surface area contributed by atoms with E-state index in [2.05, 4.69) is 84.9 Å². The van der Waals surface area contributed by atoms with Gasteiger partial charge in [-0.25, -0.2) is 0 Å². The number of hydrogen-bond acceptors (Lipinski definition) is 1. The molecule has 0 saturated carbocycles. The molecule has 4 aromatic rings. The molecule has 0 saturated heterocycles. The Bertz CT molecular complexity index is 1220. The fraction of sp³-hybridized carbons (Fsp3) is 0.0417. The van der Waals surface area contributed by atoms with E-state index in [-0.39, 0.29) is 0 Å². The monoisotopic (exact) mass is 317 g/mol.